The summed E-state index contributed by atoms with van der Waals surface area (Å²) in [5.74, 6) is -0.301. The molecule has 0 heterocycles. The summed E-state index contributed by atoms with van der Waals surface area (Å²) in [5, 5.41) is 3.30. The molecule has 1 atom stereocenters. The average molecular weight is 239 g/mol. The van der Waals surface area contributed by atoms with E-state index < -0.39 is 0 Å². The number of hydrogen-bond donors (Lipinski definition) is 2. The van der Waals surface area contributed by atoms with Gasteiger partial charge < -0.3 is 16.0 Å². The van der Waals surface area contributed by atoms with Crippen LogP contribution < -0.4 is 11.1 Å². The topological polar surface area (TPSA) is 41.3 Å². The zero-order chi connectivity index (χ0) is 12.8. The van der Waals surface area contributed by atoms with E-state index in [-0.39, 0.29) is 11.9 Å². The average Bonchev–Trinajstić information content (AvgIpc) is 2.29. The molecule has 96 valence electrons. The minimum absolute atomic E-state index is 0.280. The van der Waals surface area contributed by atoms with E-state index >= 15 is 0 Å². The highest BCUT2D eigenvalue weighted by molar-refractivity contribution is 5.66. The Morgan fingerprint density at radius 3 is 2.53 bits per heavy atom. The molecule has 1 aromatic carbocycles. The largest absolute Gasteiger partial charge is 0.397 e. The molecule has 0 amide bonds. The van der Waals surface area contributed by atoms with Crippen LogP contribution in [0.5, 0.6) is 0 Å². The van der Waals surface area contributed by atoms with E-state index in [2.05, 4.69) is 31.0 Å². The SMILES string of the molecule is CCN(CC)CC(C)Nc1ccc(F)cc1N. The van der Waals surface area contributed by atoms with Gasteiger partial charge in [0.2, 0.25) is 0 Å². The van der Waals surface area contributed by atoms with Gasteiger partial charge in [-0.2, -0.15) is 0 Å². The fraction of sp³-hybridized carbons (Fsp3) is 0.538. The number of nitrogens with two attached hydrogens (primary N) is 1. The molecule has 0 aliphatic rings. The summed E-state index contributed by atoms with van der Waals surface area (Å²) >= 11 is 0. The molecular weight excluding hydrogens is 217 g/mol. The third-order valence-corrected chi connectivity index (χ3v) is 2.84. The Morgan fingerprint density at radius 1 is 1.35 bits per heavy atom. The third-order valence-electron chi connectivity index (χ3n) is 2.84. The van der Waals surface area contributed by atoms with Gasteiger partial charge in [-0.3, -0.25) is 0 Å². The van der Waals surface area contributed by atoms with Crippen LogP contribution >= 0.6 is 0 Å². The molecule has 0 fully saturated rings. The van der Waals surface area contributed by atoms with Crippen molar-refractivity contribution in [3.63, 3.8) is 0 Å². The molecule has 0 aliphatic carbocycles. The Bertz CT molecular complexity index is 351. The summed E-state index contributed by atoms with van der Waals surface area (Å²) in [7, 11) is 0. The molecule has 3 N–H and O–H groups in total. The summed E-state index contributed by atoms with van der Waals surface area (Å²) in [6, 6.07) is 4.72. The van der Waals surface area contributed by atoms with Crippen LogP contribution in [0.2, 0.25) is 0 Å². The van der Waals surface area contributed by atoms with E-state index in [0.29, 0.717) is 5.69 Å². The molecule has 1 rings (SSSR count). The minimum Gasteiger partial charge on any atom is -0.397 e. The lowest BCUT2D eigenvalue weighted by Crippen LogP contribution is -2.34. The first-order valence-corrected chi connectivity index (χ1v) is 6.10. The van der Waals surface area contributed by atoms with Crippen LogP contribution in [0.1, 0.15) is 20.8 Å². The first kappa shape index (κ1) is 13.8. The molecule has 3 nitrogen and oxygen atoms in total. The second-order valence-corrected chi connectivity index (χ2v) is 4.26. The van der Waals surface area contributed by atoms with E-state index in [1.54, 1.807) is 6.07 Å². The van der Waals surface area contributed by atoms with Gasteiger partial charge in [0.15, 0.2) is 0 Å². The Hall–Kier alpha value is -1.29. The molecule has 0 saturated carbocycles. The maximum atomic E-state index is 12.9. The van der Waals surface area contributed by atoms with Crippen LogP contribution in [-0.4, -0.2) is 30.6 Å². The van der Waals surface area contributed by atoms with E-state index in [0.717, 1.165) is 25.3 Å². The van der Waals surface area contributed by atoms with Crippen molar-refractivity contribution in [2.75, 3.05) is 30.7 Å². The van der Waals surface area contributed by atoms with Gasteiger partial charge in [0.1, 0.15) is 5.82 Å². The monoisotopic (exact) mass is 239 g/mol. The van der Waals surface area contributed by atoms with Gasteiger partial charge in [0.05, 0.1) is 11.4 Å². The molecular formula is C13H22FN3. The summed E-state index contributed by atoms with van der Waals surface area (Å²) in [4.78, 5) is 2.33. The maximum absolute atomic E-state index is 12.9. The highest BCUT2D eigenvalue weighted by Crippen LogP contribution is 2.19. The molecule has 1 unspecified atom stereocenters. The first-order valence-electron chi connectivity index (χ1n) is 6.10. The van der Waals surface area contributed by atoms with Gasteiger partial charge >= 0.3 is 0 Å². The second-order valence-electron chi connectivity index (χ2n) is 4.26. The van der Waals surface area contributed by atoms with E-state index in [4.69, 9.17) is 5.73 Å². The number of nitrogens with zero attached hydrogens (tertiary/aromatic N) is 1. The van der Waals surface area contributed by atoms with Crippen LogP contribution in [0.4, 0.5) is 15.8 Å². The highest BCUT2D eigenvalue weighted by Gasteiger charge is 2.08. The lowest BCUT2D eigenvalue weighted by Gasteiger charge is -2.24. The Morgan fingerprint density at radius 2 is 2.00 bits per heavy atom. The number of likely N-dealkylation sites (N-methyl/N-ethyl adjacent to an activating group) is 1. The van der Waals surface area contributed by atoms with Crippen molar-refractivity contribution >= 4 is 11.4 Å². The first-order chi connectivity index (χ1) is 8.06. The van der Waals surface area contributed by atoms with Crippen LogP contribution in [0.25, 0.3) is 0 Å². The Labute approximate surface area is 103 Å². The number of nitrogens with one attached hydrogen (secondary N) is 1. The van der Waals surface area contributed by atoms with Gasteiger partial charge in [0.25, 0.3) is 0 Å². The van der Waals surface area contributed by atoms with Crippen LogP contribution in [-0.2, 0) is 0 Å². The Kier molecular flexibility index (Phi) is 5.22. The van der Waals surface area contributed by atoms with Gasteiger partial charge in [-0.05, 0) is 38.2 Å². The van der Waals surface area contributed by atoms with Crippen molar-refractivity contribution in [1.29, 1.82) is 0 Å². The van der Waals surface area contributed by atoms with Gasteiger partial charge in [-0.1, -0.05) is 13.8 Å². The van der Waals surface area contributed by atoms with E-state index in [1.165, 1.54) is 12.1 Å². The Balaban J connectivity index is 2.58. The minimum atomic E-state index is -0.301. The predicted molar refractivity (Wildman–Crippen MR) is 71.7 cm³/mol. The predicted octanol–water partition coefficient (Wildman–Crippen LogP) is 2.55. The molecule has 0 saturated heterocycles. The number of nitrogen functional groups attached to an aromatic ring is 1. The van der Waals surface area contributed by atoms with Gasteiger partial charge in [-0.25, -0.2) is 4.39 Å². The molecule has 17 heavy (non-hydrogen) atoms. The van der Waals surface area contributed by atoms with E-state index in [1.807, 2.05) is 0 Å². The number of anilines is 2. The van der Waals surface area contributed by atoms with Gasteiger partial charge in [-0.15, -0.1) is 0 Å². The second kappa shape index (κ2) is 6.45. The molecule has 0 bridgehead atoms. The lowest BCUT2D eigenvalue weighted by atomic mass is 10.2. The summed E-state index contributed by atoms with van der Waals surface area (Å²) in [5.41, 5.74) is 7.00. The fourth-order valence-corrected chi connectivity index (χ4v) is 1.85. The quantitative estimate of drug-likeness (QED) is 0.750. The van der Waals surface area contributed by atoms with Gasteiger partial charge in [0, 0.05) is 12.6 Å². The summed E-state index contributed by atoms with van der Waals surface area (Å²) in [6.07, 6.45) is 0. The van der Waals surface area contributed by atoms with Crippen molar-refractivity contribution < 1.29 is 4.39 Å². The van der Waals surface area contributed by atoms with Crippen LogP contribution in [0.15, 0.2) is 18.2 Å². The normalized spacial score (nSPS) is 12.8. The molecule has 0 aromatic heterocycles. The molecule has 0 radical (unpaired) electrons. The number of benzene rings is 1. The van der Waals surface area contributed by atoms with Crippen molar-refractivity contribution in [3.8, 4) is 0 Å². The zero-order valence-electron chi connectivity index (χ0n) is 10.8. The molecule has 4 heteroatoms. The van der Waals surface area contributed by atoms with Crippen molar-refractivity contribution in [1.82, 2.24) is 4.90 Å². The van der Waals surface area contributed by atoms with Crippen molar-refractivity contribution in [2.24, 2.45) is 0 Å². The number of rotatable bonds is 6. The summed E-state index contributed by atoms with van der Waals surface area (Å²) < 4.78 is 12.9. The maximum Gasteiger partial charge on any atom is 0.125 e. The zero-order valence-corrected chi connectivity index (χ0v) is 10.8. The van der Waals surface area contributed by atoms with E-state index in [9.17, 15) is 4.39 Å². The molecule has 0 spiro atoms. The summed E-state index contributed by atoms with van der Waals surface area (Å²) in [6.45, 7) is 9.39. The molecule has 1 aromatic rings. The smallest absolute Gasteiger partial charge is 0.125 e. The van der Waals surface area contributed by atoms with Crippen molar-refractivity contribution in [3.05, 3.63) is 24.0 Å². The number of hydrogen-bond acceptors (Lipinski definition) is 3. The number of halogens is 1. The third kappa shape index (κ3) is 4.23. The molecule has 0 aliphatic heterocycles. The van der Waals surface area contributed by atoms with Crippen LogP contribution in [0.3, 0.4) is 0 Å². The standard InChI is InChI=1S/C13H22FN3/c1-4-17(5-2)9-10(3)16-13-7-6-11(14)8-12(13)15/h6-8,10,16H,4-5,9,15H2,1-3H3. The lowest BCUT2D eigenvalue weighted by molar-refractivity contribution is 0.295. The fourth-order valence-electron chi connectivity index (χ4n) is 1.85. The highest BCUT2D eigenvalue weighted by atomic mass is 19.1. The van der Waals surface area contributed by atoms with Crippen molar-refractivity contribution in [2.45, 2.75) is 26.8 Å². The van der Waals surface area contributed by atoms with Crippen LogP contribution in [0, 0.1) is 5.82 Å².